The van der Waals surface area contributed by atoms with Crippen molar-refractivity contribution < 1.29 is 9.59 Å². The van der Waals surface area contributed by atoms with Crippen LogP contribution in [0.4, 0.5) is 5.69 Å². The molecule has 1 aliphatic heterocycles. The molecule has 1 aliphatic rings. The van der Waals surface area contributed by atoms with Gasteiger partial charge in [-0.15, -0.1) is 0 Å². The van der Waals surface area contributed by atoms with E-state index >= 15 is 0 Å². The molecule has 1 heterocycles. The van der Waals surface area contributed by atoms with Gasteiger partial charge in [0, 0.05) is 16.7 Å². The Labute approximate surface area is 126 Å². The number of rotatable bonds is 3. The van der Waals surface area contributed by atoms with Crippen LogP contribution in [0.15, 0.2) is 28.7 Å². The van der Waals surface area contributed by atoms with Gasteiger partial charge in [-0.2, -0.15) is 5.26 Å². The fraction of sp³-hybridized carbons (Fsp3) is 0.400. The van der Waals surface area contributed by atoms with Crippen LogP contribution in [0.2, 0.25) is 0 Å². The van der Waals surface area contributed by atoms with Crippen molar-refractivity contribution in [3.63, 3.8) is 0 Å². The van der Waals surface area contributed by atoms with Crippen molar-refractivity contribution in [1.82, 2.24) is 0 Å². The number of piperidine rings is 1. The molecule has 0 bridgehead atoms. The zero-order chi connectivity index (χ0) is 14.7. The molecule has 0 radical (unpaired) electrons. The maximum Gasteiger partial charge on any atom is 0.237 e. The van der Waals surface area contributed by atoms with Crippen LogP contribution in [0.1, 0.15) is 19.8 Å². The van der Waals surface area contributed by atoms with Crippen LogP contribution in [0, 0.1) is 23.2 Å². The van der Waals surface area contributed by atoms with E-state index in [1.54, 1.807) is 11.8 Å². The van der Waals surface area contributed by atoms with Crippen molar-refractivity contribution in [2.24, 2.45) is 11.8 Å². The highest BCUT2D eigenvalue weighted by atomic mass is 79.9. The van der Waals surface area contributed by atoms with E-state index in [0.29, 0.717) is 13.0 Å². The Morgan fingerprint density at radius 1 is 1.55 bits per heavy atom. The van der Waals surface area contributed by atoms with Gasteiger partial charge in [0.15, 0.2) is 5.78 Å². The van der Waals surface area contributed by atoms with E-state index in [1.807, 2.05) is 30.3 Å². The predicted octanol–water partition coefficient (Wildman–Crippen LogP) is 2.92. The number of halogens is 1. The molecule has 1 amide bonds. The first-order valence-electron chi connectivity index (χ1n) is 6.55. The van der Waals surface area contributed by atoms with E-state index in [0.717, 1.165) is 16.6 Å². The third kappa shape index (κ3) is 2.91. The molecule has 1 saturated heterocycles. The Morgan fingerprint density at radius 2 is 2.30 bits per heavy atom. The summed E-state index contributed by atoms with van der Waals surface area (Å²) in [5.74, 6) is -1.87. The van der Waals surface area contributed by atoms with Gasteiger partial charge < -0.3 is 4.90 Å². The molecule has 4 nitrogen and oxygen atoms in total. The van der Waals surface area contributed by atoms with Crippen LogP contribution in [0.3, 0.4) is 0 Å². The molecular formula is C15H15BrN2O2. The van der Waals surface area contributed by atoms with Crippen molar-refractivity contribution in [3.05, 3.63) is 28.7 Å². The highest BCUT2D eigenvalue weighted by molar-refractivity contribution is 9.10. The highest BCUT2D eigenvalue weighted by Gasteiger charge is 2.36. The minimum Gasteiger partial charge on any atom is -0.312 e. The molecular weight excluding hydrogens is 320 g/mol. The van der Waals surface area contributed by atoms with Crippen molar-refractivity contribution in [1.29, 1.82) is 5.26 Å². The largest absolute Gasteiger partial charge is 0.312 e. The third-order valence-electron chi connectivity index (χ3n) is 3.52. The second-order valence-electron chi connectivity index (χ2n) is 4.92. The van der Waals surface area contributed by atoms with Gasteiger partial charge in [0.25, 0.3) is 0 Å². The first-order chi connectivity index (χ1) is 9.54. The topological polar surface area (TPSA) is 61.2 Å². The minimum absolute atomic E-state index is 0.193. The lowest BCUT2D eigenvalue weighted by atomic mass is 9.87. The first kappa shape index (κ1) is 14.7. The van der Waals surface area contributed by atoms with Gasteiger partial charge in [-0.05, 0) is 38.0 Å². The van der Waals surface area contributed by atoms with E-state index in [1.165, 1.54) is 0 Å². The van der Waals surface area contributed by atoms with Crippen LogP contribution in [-0.2, 0) is 9.59 Å². The molecule has 5 heteroatoms. The Balaban J connectivity index is 2.23. The molecule has 1 aromatic rings. The summed E-state index contributed by atoms with van der Waals surface area (Å²) in [7, 11) is 0. The Hall–Kier alpha value is -1.67. The molecule has 1 aromatic carbocycles. The number of carbonyl (C=O) groups is 2. The maximum atomic E-state index is 12.5. The Morgan fingerprint density at radius 3 is 2.95 bits per heavy atom. The molecule has 0 N–H and O–H groups in total. The van der Waals surface area contributed by atoms with E-state index in [-0.39, 0.29) is 11.7 Å². The standard InChI is InChI=1S/C15H15BrN2O2/c1-10(9-17)14(19)13-6-3-7-18(15(13)20)12-5-2-4-11(16)8-12/h2,4-5,8,10,13H,3,6-7H2,1H3/t10-,13+/m1/s1. The fourth-order valence-corrected chi connectivity index (χ4v) is 2.79. The van der Waals surface area contributed by atoms with Gasteiger partial charge in [0.2, 0.25) is 5.91 Å². The number of carbonyl (C=O) groups excluding carboxylic acids is 2. The highest BCUT2D eigenvalue weighted by Crippen LogP contribution is 2.28. The number of Topliss-reactive ketones (excluding diaryl/α,β-unsaturated/α-hetero) is 1. The van der Waals surface area contributed by atoms with Gasteiger partial charge in [-0.3, -0.25) is 9.59 Å². The minimum atomic E-state index is -0.730. The first-order valence-corrected chi connectivity index (χ1v) is 7.34. The van der Waals surface area contributed by atoms with E-state index in [4.69, 9.17) is 5.26 Å². The SMILES string of the molecule is C[C@H](C#N)C(=O)[C@@H]1CCCN(c2cccc(Br)c2)C1=O. The van der Waals surface area contributed by atoms with E-state index in [2.05, 4.69) is 15.9 Å². The van der Waals surface area contributed by atoms with Gasteiger partial charge >= 0.3 is 0 Å². The summed E-state index contributed by atoms with van der Waals surface area (Å²) < 4.78 is 0.890. The Bertz CT molecular complexity index is 579. The zero-order valence-electron chi connectivity index (χ0n) is 11.2. The van der Waals surface area contributed by atoms with Crippen LogP contribution in [0.5, 0.6) is 0 Å². The summed E-state index contributed by atoms with van der Waals surface area (Å²) in [6, 6.07) is 9.37. The molecule has 0 spiro atoms. The number of ketones is 1. The van der Waals surface area contributed by atoms with Gasteiger partial charge in [0.1, 0.15) is 5.92 Å². The summed E-state index contributed by atoms with van der Waals surface area (Å²) in [5, 5.41) is 8.84. The van der Waals surface area contributed by atoms with Crippen molar-refractivity contribution in [3.8, 4) is 6.07 Å². The summed E-state index contributed by atoms with van der Waals surface area (Å²) >= 11 is 3.38. The van der Waals surface area contributed by atoms with Crippen LogP contribution in [0.25, 0.3) is 0 Å². The predicted molar refractivity (Wildman–Crippen MR) is 79.0 cm³/mol. The molecule has 20 heavy (non-hydrogen) atoms. The van der Waals surface area contributed by atoms with E-state index < -0.39 is 11.8 Å². The molecule has 0 aromatic heterocycles. The summed E-state index contributed by atoms with van der Waals surface area (Å²) in [5.41, 5.74) is 0.784. The molecule has 2 atom stereocenters. The van der Waals surface area contributed by atoms with Crippen molar-refractivity contribution >= 4 is 33.3 Å². The molecule has 2 rings (SSSR count). The molecule has 0 aliphatic carbocycles. The summed E-state index contributed by atoms with van der Waals surface area (Å²) in [6.45, 7) is 2.16. The smallest absolute Gasteiger partial charge is 0.237 e. The number of amides is 1. The Kier molecular flexibility index (Phi) is 4.56. The second kappa shape index (κ2) is 6.19. The average molecular weight is 335 g/mol. The summed E-state index contributed by atoms with van der Waals surface area (Å²) in [6.07, 6.45) is 1.31. The second-order valence-corrected chi connectivity index (χ2v) is 5.83. The van der Waals surface area contributed by atoms with Crippen molar-refractivity contribution in [2.75, 3.05) is 11.4 Å². The van der Waals surface area contributed by atoms with Crippen LogP contribution >= 0.6 is 15.9 Å². The van der Waals surface area contributed by atoms with Crippen molar-refractivity contribution in [2.45, 2.75) is 19.8 Å². The normalized spacial score (nSPS) is 20.4. The van der Waals surface area contributed by atoms with Gasteiger partial charge in [-0.25, -0.2) is 0 Å². The number of hydrogen-bond acceptors (Lipinski definition) is 3. The van der Waals surface area contributed by atoms with Crippen LogP contribution < -0.4 is 4.90 Å². The zero-order valence-corrected chi connectivity index (χ0v) is 12.8. The number of hydrogen-bond donors (Lipinski definition) is 0. The fourth-order valence-electron chi connectivity index (χ4n) is 2.41. The lowest BCUT2D eigenvalue weighted by Crippen LogP contribution is -2.45. The number of anilines is 1. The monoisotopic (exact) mass is 334 g/mol. The maximum absolute atomic E-state index is 12.5. The van der Waals surface area contributed by atoms with Gasteiger partial charge in [-0.1, -0.05) is 22.0 Å². The van der Waals surface area contributed by atoms with E-state index in [9.17, 15) is 9.59 Å². The molecule has 0 unspecified atom stereocenters. The summed E-state index contributed by atoms with van der Waals surface area (Å²) in [4.78, 5) is 26.2. The quantitative estimate of drug-likeness (QED) is 0.798. The lowest BCUT2D eigenvalue weighted by molar-refractivity contribution is -0.135. The lowest BCUT2D eigenvalue weighted by Gasteiger charge is -2.32. The third-order valence-corrected chi connectivity index (χ3v) is 4.02. The molecule has 104 valence electrons. The number of benzene rings is 1. The molecule has 0 saturated carbocycles. The average Bonchev–Trinajstić information content (AvgIpc) is 2.46. The number of nitrogens with zero attached hydrogens (tertiary/aromatic N) is 2. The van der Waals surface area contributed by atoms with Gasteiger partial charge in [0.05, 0.1) is 12.0 Å². The number of nitriles is 1. The molecule has 1 fully saturated rings. The van der Waals surface area contributed by atoms with Crippen LogP contribution in [-0.4, -0.2) is 18.2 Å².